The van der Waals surface area contributed by atoms with Crippen LogP contribution in [0.15, 0.2) is 16.7 Å². The van der Waals surface area contributed by atoms with Crippen LogP contribution in [0, 0.1) is 5.92 Å². The van der Waals surface area contributed by atoms with Gasteiger partial charge in [0.1, 0.15) is 5.69 Å². The summed E-state index contributed by atoms with van der Waals surface area (Å²) in [5.74, 6) is 0.747. The summed E-state index contributed by atoms with van der Waals surface area (Å²) in [5.41, 5.74) is 0.695. The van der Waals surface area contributed by atoms with E-state index in [0.29, 0.717) is 5.69 Å². The summed E-state index contributed by atoms with van der Waals surface area (Å²) in [6.07, 6.45) is 5.34. The van der Waals surface area contributed by atoms with Crippen LogP contribution in [0.1, 0.15) is 43.6 Å². The van der Waals surface area contributed by atoms with Crippen LogP contribution in [0.2, 0.25) is 0 Å². The quantitative estimate of drug-likeness (QED) is 0.803. The number of carbonyl (C=O) groups is 1. The SMILES string of the molecule is CC(C)CCCCNC(=O)c1cc(Br)cn1C. The smallest absolute Gasteiger partial charge is 0.267 e. The summed E-state index contributed by atoms with van der Waals surface area (Å²) in [4.78, 5) is 11.8. The Hall–Kier alpha value is -0.770. The second-order valence-electron chi connectivity index (χ2n) is 4.80. The molecule has 0 aromatic carbocycles. The van der Waals surface area contributed by atoms with E-state index in [0.717, 1.165) is 23.4 Å². The molecule has 0 unspecified atom stereocenters. The van der Waals surface area contributed by atoms with E-state index in [1.807, 2.05) is 23.9 Å². The summed E-state index contributed by atoms with van der Waals surface area (Å²) in [6.45, 7) is 5.20. The van der Waals surface area contributed by atoms with E-state index in [1.54, 1.807) is 0 Å². The van der Waals surface area contributed by atoms with Crippen molar-refractivity contribution >= 4 is 21.8 Å². The van der Waals surface area contributed by atoms with Gasteiger partial charge in [-0.3, -0.25) is 4.79 Å². The van der Waals surface area contributed by atoms with Gasteiger partial charge >= 0.3 is 0 Å². The highest BCUT2D eigenvalue weighted by Crippen LogP contribution is 2.13. The van der Waals surface area contributed by atoms with Crippen molar-refractivity contribution in [2.45, 2.75) is 33.1 Å². The number of amides is 1. The molecule has 1 rings (SSSR count). The van der Waals surface area contributed by atoms with Crippen LogP contribution in [0.25, 0.3) is 0 Å². The van der Waals surface area contributed by atoms with Gasteiger partial charge in [-0.25, -0.2) is 0 Å². The molecular weight excluding hydrogens is 280 g/mol. The Morgan fingerprint density at radius 3 is 2.71 bits per heavy atom. The standard InChI is InChI=1S/C13H21BrN2O/c1-10(2)6-4-5-7-15-13(17)12-8-11(14)9-16(12)3/h8-10H,4-7H2,1-3H3,(H,15,17). The molecule has 0 spiro atoms. The van der Waals surface area contributed by atoms with Gasteiger partial charge in [-0.05, 0) is 34.3 Å². The van der Waals surface area contributed by atoms with Crippen molar-refractivity contribution in [3.8, 4) is 0 Å². The molecule has 1 heterocycles. The third-order valence-electron chi connectivity index (χ3n) is 2.70. The average Bonchev–Trinajstić information content (AvgIpc) is 2.56. The van der Waals surface area contributed by atoms with E-state index in [4.69, 9.17) is 0 Å². The van der Waals surface area contributed by atoms with Crippen LogP contribution >= 0.6 is 15.9 Å². The first-order chi connectivity index (χ1) is 8.00. The minimum Gasteiger partial charge on any atom is -0.351 e. The lowest BCUT2D eigenvalue weighted by Crippen LogP contribution is -2.26. The molecule has 1 N–H and O–H groups in total. The summed E-state index contributed by atoms with van der Waals surface area (Å²) in [5, 5.41) is 2.95. The first kappa shape index (κ1) is 14.3. The van der Waals surface area contributed by atoms with Gasteiger partial charge in [0.25, 0.3) is 5.91 Å². The van der Waals surface area contributed by atoms with Crippen molar-refractivity contribution in [2.75, 3.05) is 6.54 Å². The molecule has 1 aromatic heterocycles. The number of unbranched alkanes of at least 4 members (excludes halogenated alkanes) is 1. The Kier molecular flexibility index (Phi) is 5.75. The van der Waals surface area contributed by atoms with E-state index in [2.05, 4.69) is 35.1 Å². The van der Waals surface area contributed by atoms with Crippen LogP contribution < -0.4 is 5.32 Å². The highest BCUT2D eigenvalue weighted by atomic mass is 79.9. The van der Waals surface area contributed by atoms with Crippen LogP contribution in [0.3, 0.4) is 0 Å². The lowest BCUT2D eigenvalue weighted by atomic mass is 10.1. The largest absolute Gasteiger partial charge is 0.351 e. The Bertz CT molecular complexity index is 371. The number of halogens is 1. The van der Waals surface area contributed by atoms with E-state index < -0.39 is 0 Å². The second-order valence-corrected chi connectivity index (χ2v) is 5.72. The van der Waals surface area contributed by atoms with Gasteiger partial charge in [0.2, 0.25) is 0 Å². The predicted molar refractivity (Wildman–Crippen MR) is 74.1 cm³/mol. The van der Waals surface area contributed by atoms with Crippen LogP contribution in [-0.2, 0) is 7.05 Å². The highest BCUT2D eigenvalue weighted by Gasteiger charge is 2.09. The molecule has 0 bridgehead atoms. The van der Waals surface area contributed by atoms with Gasteiger partial charge in [-0.2, -0.15) is 0 Å². The lowest BCUT2D eigenvalue weighted by molar-refractivity contribution is 0.0945. The molecule has 0 atom stereocenters. The van der Waals surface area contributed by atoms with Crippen molar-refractivity contribution in [1.82, 2.24) is 9.88 Å². The zero-order valence-electron chi connectivity index (χ0n) is 10.8. The minimum atomic E-state index is 0.00254. The molecule has 0 aliphatic rings. The highest BCUT2D eigenvalue weighted by molar-refractivity contribution is 9.10. The van der Waals surface area contributed by atoms with Gasteiger partial charge in [0, 0.05) is 24.3 Å². The third kappa shape index (κ3) is 4.94. The molecule has 0 saturated heterocycles. The molecule has 4 heteroatoms. The van der Waals surface area contributed by atoms with Crippen LogP contribution in [-0.4, -0.2) is 17.0 Å². The maximum Gasteiger partial charge on any atom is 0.267 e. The first-order valence-corrected chi connectivity index (χ1v) is 6.90. The number of hydrogen-bond donors (Lipinski definition) is 1. The van der Waals surface area contributed by atoms with Crippen molar-refractivity contribution in [2.24, 2.45) is 13.0 Å². The van der Waals surface area contributed by atoms with Crippen LogP contribution in [0.5, 0.6) is 0 Å². The Morgan fingerprint density at radius 2 is 2.18 bits per heavy atom. The Labute approximate surface area is 112 Å². The average molecular weight is 301 g/mol. The maximum absolute atomic E-state index is 11.8. The molecule has 96 valence electrons. The summed E-state index contributed by atoms with van der Waals surface area (Å²) in [7, 11) is 1.87. The van der Waals surface area contributed by atoms with E-state index in [9.17, 15) is 4.79 Å². The predicted octanol–water partition coefficient (Wildman–Crippen LogP) is 3.34. The third-order valence-corrected chi connectivity index (χ3v) is 3.13. The lowest BCUT2D eigenvalue weighted by Gasteiger charge is -2.07. The van der Waals surface area contributed by atoms with Crippen molar-refractivity contribution in [1.29, 1.82) is 0 Å². The molecule has 0 saturated carbocycles. The molecule has 0 radical (unpaired) electrons. The van der Waals surface area contributed by atoms with Crippen molar-refractivity contribution < 1.29 is 4.79 Å². The first-order valence-electron chi connectivity index (χ1n) is 6.10. The van der Waals surface area contributed by atoms with E-state index in [-0.39, 0.29) is 5.91 Å². The van der Waals surface area contributed by atoms with Gasteiger partial charge in [-0.1, -0.05) is 26.7 Å². The zero-order chi connectivity index (χ0) is 12.8. The number of aromatic nitrogens is 1. The fraction of sp³-hybridized carbons (Fsp3) is 0.615. The topological polar surface area (TPSA) is 34.0 Å². The molecule has 0 aliphatic carbocycles. The van der Waals surface area contributed by atoms with Gasteiger partial charge in [-0.15, -0.1) is 0 Å². The van der Waals surface area contributed by atoms with Gasteiger partial charge < -0.3 is 9.88 Å². The normalized spacial score (nSPS) is 10.9. The van der Waals surface area contributed by atoms with Gasteiger partial charge in [0.05, 0.1) is 0 Å². The van der Waals surface area contributed by atoms with E-state index >= 15 is 0 Å². The Morgan fingerprint density at radius 1 is 1.47 bits per heavy atom. The number of rotatable bonds is 6. The number of nitrogens with zero attached hydrogens (tertiary/aromatic N) is 1. The minimum absolute atomic E-state index is 0.00254. The zero-order valence-corrected chi connectivity index (χ0v) is 12.4. The summed E-state index contributed by atoms with van der Waals surface area (Å²) in [6, 6.07) is 1.84. The number of aryl methyl sites for hydroxylation is 1. The molecular formula is C13H21BrN2O. The Balaban J connectivity index is 2.28. The maximum atomic E-state index is 11.8. The number of hydrogen-bond acceptors (Lipinski definition) is 1. The summed E-state index contributed by atoms with van der Waals surface area (Å²) < 4.78 is 2.76. The number of carbonyl (C=O) groups excluding carboxylic acids is 1. The number of nitrogens with one attached hydrogen (secondary N) is 1. The van der Waals surface area contributed by atoms with Crippen molar-refractivity contribution in [3.63, 3.8) is 0 Å². The molecule has 1 amide bonds. The summed E-state index contributed by atoms with van der Waals surface area (Å²) >= 11 is 3.36. The second kappa shape index (κ2) is 6.84. The molecule has 0 fully saturated rings. The monoisotopic (exact) mass is 300 g/mol. The molecule has 0 aliphatic heterocycles. The van der Waals surface area contributed by atoms with Crippen LogP contribution in [0.4, 0.5) is 0 Å². The molecule has 3 nitrogen and oxygen atoms in total. The fourth-order valence-corrected chi connectivity index (χ4v) is 2.24. The van der Waals surface area contributed by atoms with Crippen molar-refractivity contribution in [3.05, 3.63) is 22.4 Å². The van der Waals surface area contributed by atoms with E-state index in [1.165, 1.54) is 12.8 Å². The van der Waals surface area contributed by atoms with Gasteiger partial charge in [0.15, 0.2) is 0 Å². The molecule has 17 heavy (non-hydrogen) atoms. The fourth-order valence-electron chi connectivity index (χ4n) is 1.72. The molecule has 1 aromatic rings.